The maximum atomic E-state index is 11.4. The summed E-state index contributed by atoms with van der Waals surface area (Å²) in [5.74, 6) is -0.874. The third-order valence-electron chi connectivity index (χ3n) is 2.19. The minimum atomic E-state index is -0.615. The molecule has 15 heavy (non-hydrogen) atoms. The summed E-state index contributed by atoms with van der Waals surface area (Å²) in [7, 11) is 0. The molecule has 0 aliphatic rings. The third-order valence-corrected chi connectivity index (χ3v) is 2.19. The van der Waals surface area contributed by atoms with E-state index in [0.29, 0.717) is 0 Å². The number of carbonyl (C=O) groups excluding carboxylic acids is 1. The Kier molecular flexibility index (Phi) is 3.87. The molecular formula is C12H14N2O. The lowest BCUT2D eigenvalue weighted by molar-refractivity contribution is -0.117. The second-order valence-electron chi connectivity index (χ2n) is 3.39. The molecule has 0 radical (unpaired) electrons. The maximum Gasteiger partial charge on any atom is 0.241 e. The zero-order valence-electron chi connectivity index (χ0n) is 8.95. The van der Waals surface area contributed by atoms with Crippen LogP contribution in [0.5, 0.6) is 0 Å². The van der Waals surface area contributed by atoms with E-state index in [1.165, 1.54) is 0 Å². The van der Waals surface area contributed by atoms with Gasteiger partial charge in [-0.1, -0.05) is 19.1 Å². The lowest BCUT2D eigenvalue weighted by atomic mass is 10.1. The Morgan fingerprint density at radius 3 is 2.93 bits per heavy atom. The summed E-state index contributed by atoms with van der Waals surface area (Å²) in [6.07, 6.45) is 0.928. The Bertz CT molecular complexity index is 393. The highest BCUT2D eigenvalue weighted by atomic mass is 16.1. The fraction of sp³-hybridized carbons (Fsp3) is 0.333. The number of benzene rings is 1. The molecule has 1 aromatic rings. The van der Waals surface area contributed by atoms with Crippen LogP contribution in [-0.2, 0) is 11.2 Å². The van der Waals surface area contributed by atoms with Gasteiger partial charge in [0.15, 0.2) is 0 Å². The number of aryl methyl sites for hydroxylation is 1. The molecule has 0 spiro atoms. The molecule has 0 fully saturated rings. The molecule has 1 rings (SSSR count). The smallest absolute Gasteiger partial charge is 0.241 e. The van der Waals surface area contributed by atoms with Crippen LogP contribution >= 0.6 is 0 Å². The monoisotopic (exact) mass is 202 g/mol. The highest BCUT2D eigenvalue weighted by Gasteiger charge is 2.11. The van der Waals surface area contributed by atoms with E-state index in [1.807, 2.05) is 30.3 Å². The summed E-state index contributed by atoms with van der Waals surface area (Å²) in [6.45, 7) is 3.64. The number of hydrogen-bond acceptors (Lipinski definition) is 2. The summed E-state index contributed by atoms with van der Waals surface area (Å²) in [5.41, 5.74) is 1.92. The van der Waals surface area contributed by atoms with Gasteiger partial charge in [-0.2, -0.15) is 5.26 Å². The zero-order chi connectivity index (χ0) is 11.3. The van der Waals surface area contributed by atoms with Crippen molar-refractivity contribution < 1.29 is 4.79 Å². The molecule has 0 heterocycles. The van der Waals surface area contributed by atoms with Crippen molar-refractivity contribution in [3.05, 3.63) is 29.8 Å². The Morgan fingerprint density at radius 2 is 2.33 bits per heavy atom. The summed E-state index contributed by atoms with van der Waals surface area (Å²) in [6, 6.07) is 9.54. The van der Waals surface area contributed by atoms with Crippen molar-refractivity contribution >= 4 is 11.6 Å². The second-order valence-corrected chi connectivity index (χ2v) is 3.39. The highest BCUT2D eigenvalue weighted by molar-refractivity contribution is 5.93. The van der Waals surface area contributed by atoms with Crippen LogP contribution in [0.1, 0.15) is 19.4 Å². The van der Waals surface area contributed by atoms with Gasteiger partial charge in [0.25, 0.3) is 0 Å². The van der Waals surface area contributed by atoms with E-state index in [1.54, 1.807) is 6.92 Å². The standard InChI is InChI=1S/C12H14N2O/c1-3-10-5-4-6-11(7-10)14-12(15)9(2)8-13/h4-7,9H,3H2,1-2H3,(H,14,15). The molecule has 1 N–H and O–H groups in total. The predicted molar refractivity (Wildman–Crippen MR) is 59.2 cm³/mol. The molecule has 0 bridgehead atoms. The molecule has 0 aromatic heterocycles. The topological polar surface area (TPSA) is 52.9 Å². The molecule has 3 heteroatoms. The van der Waals surface area contributed by atoms with Gasteiger partial charge in [0, 0.05) is 5.69 Å². The normalized spacial score (nSPS) is 11.5. The number of nitrogens with zero attached hydrogens (tertiary/aromatic N) is 1. The van der Waals surface area contributed by atoms with Crippen LogP contribution < -0.4 is 5.32 Å². The average molecular weight is 202 g/mol. The Balaban J connectivity index is 2.73. The molecule has 1 unspecified atom stereocenters. The van der Waals surface area contributed by atoms with Gasteiger partial charge in [-0.05, 0) is 31.0 Å². The second kappa shape index (κ2) is 5.16. The van der Waals surface area contributed by atoms with Crippen molar-refractivity contribution in [3.63, 3.8) is 0 Å². The molecular weight excluding hydrogens is 188 g/mol. The average Bonchev–Trinajstić information content (AvgIpc) is 2.28. The van der Waals surface area contributed by atoms with Crippen molar-refractivity contribution in [2.75, 3.05) is 5.32 Å². The van der Waals surface area contributed by atoms with E-state index < -0.39 is 5.92 Å². The molecule has 0 aliphatic heterocycles. The fourth-order valence-corrected chi connectivity index (χ4v) is 1.18. The zero-order valence-corrected chi connectivity index (χ0v) is 8.95. The molecule has 1 amide bonds. The molecule has 3 nitrogen and oxygen atoms in total. The van der Waals surface area contributed by atoms with E-state index in [0.717, 1.165) is 17.7 Å². The lowest BCUT2D eigenvalue weighted by Crippen LogP contribution is -2.18. The Morgan fingerprint density at radius 1 is 1.60 bits per heavy atom. The maximum absolute atomic E-state index is 11.4. The van der Waals surface area contributed by atoms with Crippen LogP contribution in [0.2, 0.25) is 0 Å². The number of rotatable bonds is 3. The first-order chi connectivity index (χ1) is 7.17. The molecule has 78 valence electrons. The Labute approximate surface area is 89.7 Å². The minimum absolute atomic E-state index is 0.259. The molecule has 0 saturated heterocycles. The van der Waals surface area contributed by atoms with Gasteiger partial charge in [-0.3, -0.25) is 4.79 Å². The van der Waals surface area contributed by atoms with Crippen LogP contribution in [0.3, 0.4) is 0 Å². The van der Waals surface area contributed by atoms with E-state index in [9.17, 15) is 4.79 Å². The quantitative estimate of drug-likeness (QED) is 0.817. The van der Waals surface area contributed by atoms with Crippen LogP contribution in [0.25, 0.3) is 0 Å². The summed E-state index contributed by atoms with van der Waals surface area (Å²) < 4.78 is 0. The van der Waals surface area contributed by atoms with E-state index >= 15 is 0 Å². The van der Waals surface area contributed by atoms with Gasteiger partial charge in [-0.15, -0.1) is 0 Å². The first-order valence-electron chi connectivity index (χ1n) is 4.96. The number of hydrogen-bond donors (Lipinski definition) is 1. The van der Waals surface area contributed by atoms with E-state index in [4.69, 9.17) is 5.26 Å². The summed E-state index contributed by atoms with van der Waals surface area (Å²) >= 11 is 0. The Hall–Kier alpha value is -1.82. The van der Waals surface area contributed by atoms with Gasteiger partial charge in [0.2, 0.25) is 5.91 Å². The number of nitriles is 1. The van der Waals surface area contributed by atoms with Crippen molar-refractivity contribution in [3.8, 4) is 6.07 Å². The first-order valence-corrected chi connectivity index (χ1v) is 4.96. The fourth-order valence-electron chi connectivity index (χ4n) is 1.18. The predicted octanol–water partition coefficient (Wildman–Crippen LogP) is 2.35. The van der Waals surface area contributed by atoms with Gasteiger partial charge >= 0.3 is 0 Å². The van der Waals surface area contributed by atoms with Crippen LogP contribution in [0.15, 0.2) is 24.3 Å². The summed E-state index contributed by atoms with van der Waals surface area (Å²) in [4.78, 5) is 11.4. The minimum Gasteiger partial charge on any atom is -0.325 e. The largest absolute Gasteiger partial charge is 0.325 e. The van der Waals surface area contributed by atoms with Crippen LogP contribution in [-0.4, -0.2) is 5.91 Å². The van der Waals surface area contributed by atoms with Gasteiger partial charge in [-0.25, -0.2) is 0 Å². The summed E-state index contributed by atoms with van der Waals surface area (Å²) in [5, 5.41) is 11.3. The van der Waals surface area contributed by atoms with Crippen molar-refractivity contribution in [2.24, 2.45) is 5.92 Å². The van der Waals surface area contributed by atoms with Gasteiger partial charge < -0.3 is 5.32 Å². The van der Waals surface area contributed by atoms with Gasteiger partial charge in [0.05, 0.1) is 6.07 Å². The van der Waals surface area contributed by atoms with E-state index in [2.05, 4.69) is 12.2 Å². The number of nitrogens with one attached hydrogen (secondary N) is 1. The van der Waals surface area contributed by atoms with E-state index in [-0.39, 0.29) is 5.91 Å². The lowest BCUT2D eigenvalue weighted by Gasteiger charge is -2.07. The molecule has 0 aliphatic carbocycles. The van der Waals surface area contributed by atoms with Crippen molar-refractivity contribution in [1.82, 2.24) is 0 Å². The van der Waals surface area contributed by atoms with Crippen molar-refractivity contribution in [1.29, 1.82) is 5.26 Å². The first kappa shape index (κ1) is 11.3. The third kappa shape index (κ3) is 3.10. The molecule has 1 aromatic carbocycles. The number of amides is 1. The van der Waals surface area contributed by atoms with Crippen molar-refractivity contribution in [2.45, 2.75) is 20.3 Å². The highest BCUT2D eigenvalue weighted by Crippen LogP contribution is 2.12. The number of carbonyl (C=O) groups is 1. The molecule has 0 saturated carbocycles. The van der Waals surface area contributed by atoms with Crippen LogP contribution in [0, 0.1) is 17.2 Å². The van der Waals surface area contributed by atoms with Gasteiger partial charge in [0.1, 0.15) is 5.92 Å². The van der Waals surface area contributed by atoms with Crippen LogP contribution in [0.4, 0.5) is 5.69 Å². The number of anilines is 1. The molecule has 1 atom stereocenters. The SMILES string of the molecule is CCc1cccc(NC(=O)C(C)C#N)c1.